The van der Waals surface area contributed by atoms with Gasteiger partial charge in [0.05, 0.1) is 4.92 Å². The summed E-state index contributed by atoms with van der Waals surface area (Å²) in [4.78, 5) is 38.8. The van der Waals surface area contributed by atoms with E-state index >= 15 is 0 Å². The molecule has 0 bridgehead atoms. The van der Waals surface area contributed by atoms with Crippen LogP contribution in [0.5, 0.6) is 11.6 Å². The number of non-ortho nitro benzene ring substituents is 1. The molecule has 2 aliphatic rings. The molecule has 2 amide bonds. The van der Waals surface area contributed by atoms with Crippen molar-refractivity contribution in [3.63, 3.8) is 0 Å². The van der Waals surface area contributed by atoms with Crippen LogP contribution in [0.25, 0.3) is 0 Å². The van der Waals surface area contributed by atoms with Crippen LogP contribution < -0.4 is 20.5 Å². The number of nitrogens with zero attached hydrogens (tertiary/aromatic N) is 2. The first kappa shape index (κ1) is 21.0. The number of aromatic nitrogens is 1. The first-order valence-corrected chi connectivity index (χ1v) is 10.9. The SMILES string of the molecule is NC(=O)c1sc(C2CC2)nc1O[C@H]1CC[C@H](NC(=O)Oc2ccc([N+](=O)[O-])cc2)CC1. The third kappa shape index (κ3) is 5.29. The number of rotatable bonds is 7. The normalized spacial score (nSPS) is 20.6. The van der Waals surface area contributed by atoms with E-state index in [-0.39, 0.29) is 23.6 Å². The summed E-state index contributed by atoms with van der Waals surface area (Å²) in [5.74, 6) is 0.452. The minimum absolute atomic E-state index is 0.0709. The second kappa shape index (κ2) is 8.88. The zero-order chi connectivity index (χ0) is 22.0. The lowest BCUT2D eigenvalue weighted by Crippen LogP contribution is -2.41. The molecule has 1 aromatic carbocycles. The van der Waals surface area contributed by atoms with Crippen molar-refractivity contribution in [1.29, 1.82) is 0 Å². The van der Waals surface area contributed by atoms with Crippen molar-refractivity contribution in [2.24, 2.45) is 5.73 Å². The molecule has 0 atom stereocenters. The molecule has 2 fully saturated rings. The van der Waals surface area contributed by atoms with Crippen molar-refractivity contribution < 1.29 is 24.0 Å². The molecule has 0 saturated heterocycles. The molecule has 10 nitrogen and oxygen atoms in total. The maximum atomic E-state index is 12.1. The van der Waals surface area contributed by atoms with Crippen molar-refractivity contribution in [3.8, 4) is 11.6 Å². The Balaban J connectivity index is 1.25. The van der Waals surface area contributed by atoms with E-state index in [9.17, 15) is 19.7 Å². The molecule has 3 N–H and O–H groups in total. The van der Waals surface area contributed by atoms with Gasteiger partial charge in [0.25, 0.3) is 11.6 Å². The lowest BCUT2D eigenvalue weighted by Gasteiger charge is -2.28. The molecule has 0 spiro atoms. The number of nitrogens with one attached hydrogen (secondary N) is 1. The summed E-state index contributed by atoms with van der Waals surface area (Å²) < 4.78 is 11.2. The maximum Gasteiger partial charge on any atom is 0.412 e. The molecule has 1 aromatic heterocycles. The van der Waals surface area contributed by atoms with Gasteiger partial charge in [0.15, 0.2) is 4.88 Å². The van der Waals surface area contributed by atoms with Gasteiger partial charge in [-0.05, 0) is 50.7 Å². The Kier molecular flexibility index (Phi) is 6.03. The highest BCUT2D eigenvalue weighted by Crippen LogP contribution is 2.44. The fourth-order valence-electron chi connectivity index (χ4n) is 3.48. The summed E-state index contributed by atoms with van der Waals surface area (Å²) in [6, 6.07) is 5.24. The molecule has 2 aliphatic carbocycles. The van der Waals surface area contributed by atoms with E-state index in [0.717, 1.165) is 17.8 Å². The number of nitrogens with two attached hydrogens (primary N) is 1. The Morgan fingerprint density at radius 3 is 2.39 bits per heavy atom. The number of carbonyl (C=O) groups is 2. The van der Waals surface area contributed by atoms with Gasteiger partial charge in [0.1, 0.15) is 16.9 Å². The van der Waals surface area contributed by atoms with Crippen molar-refractivity contribution >= 4 is 29.0 Å². The van der Waals surface area contributed by atoms with Gasteiger partial charge < -0.3 is 20.5 Å². The molecule has 0 aliphatic heterocycles. The van der Waals surface area contributed by atoms with Crippen LogP contribution >= 0.6 is 11.3 Å². The smallest absolute Gasteiger partial charge is 0.412 e. The van der Waals surface area contributed by atoms with Crippen LogP contribution in [0.1, 0.15) is 59.1 Å². The van der Waals surface area contributed by atoms with Crippen LogP contribution in [0.4, 0.5) is 10.5 Å². The van der Waals surface area contributed by atoms with Gasteiger partial charge in [-0.25, -0.2) is 9.78 Å². The fraction of sp³-hybridized carbons (Fsp3) is 0.450. The number of thiazole rings is 1. The van der Waals surface area contributed by atoms with E-state index in [1.807, 2.05) is 0 Å². The Morgan fingerprint density at radius 1 is 1.13 bits per heavy atom. The van der Waals surface area contributed by atoms with Gasteiger partial charge in [-0.1, -0.05) is 0 Å². The quantitative estimate of drug-likeness (QED) is 0.488. The first-order valence-electron chi connectivity index (χ1n) is 10.1. The number of benzene rings is 1. The summed E-state index contributed by atoms with van der Waals surface area (Å²) >= 11 is 1.32. The van der Waals surface area contributed by atoms with E-state index in [1.165, 1.54) is 35.6 Å². The molecule has 1 heterocycles. The van der Waals surface area contributed by atoms with Crippen LogP contribution in [0.15, 0.2) is 24.3 Å². The molecule has 0 unspecified atom stereocenters. The lowest BCUT2D eigenvalue weighted by molar-refractivity contribution is -0.384. The number of ether oxygens (including phenoxy) is 2. The molecule has 11 heteroatoms. The largest absolute Gasteiger partial charge is 0.473 e. The van der Waals surface area contributed by atoms with Gasteiger partial charge in [-0.2, -0.15) is 0 Å². The molecule has 164 valence electrons. The number of hydrogen-bond acceptors (Lipinski definition) is 8. The van der Waals surface area contributed by atoms with Crippen molar-refractivity contribution in [3.05, 3.63) is 44.3 Å². The maximum absolute atomic E-state index is 12.1. The molecule has 31 heavy (non-hydrogen) atoms. The van der Waals surface area contributed by atoms with Crippen LogP contribution in [0, 0.1) is 10.1 Å². The number of nitro benzene ring substituents is 1. The van der Waals surface area contributed by atoms with Crippen LogP contribution in [0.3, 0.4) is 0 Å². The standard InChI is InChI=1S/C20H22N4O6S/c21-17(25)16-18(23-19(31-16)11-1-2-11)29-14-7-3-12(4-8-14)22-20(26)30-15-9-5-13(6-10-15)24(27)28/h5-6,9-12,14H,1-4,7-8H2,(H2,21,25)(H,22,26)/t12-,14-. The highest BCUT2D eigenvalue weighted by Gasteiger charge is 2.32. The number of primary amides is 1. The summed E-state index contributed by atoms with van der Waals surface area (Å²) in [6.45, 7) is 0. The first-order chi connectivity index (χ1) is 14.9. The number of carbonyl (C=O) groups excluding carboxylic acids is 2. The fourth-order valence-corrected chi connectivity index (χ4v) is 4.51. The van der Waals surface area contributed by atoms with E-state index in [2.05, 4.69) is 10.3 Å². The third-order valence-corrected chi connectivity index (χ3v) is 6.51. The molecule has 4 rings (SSSR count). The monoisotopic (exact) mass is 446 g/mol. The van der Waals surface area contributed by atoms with E-state index in [0.29, 0.717) is 42.4 Å². The predicted molar refractivity (Wildman–Crippen MR) is 112 cm³/mol. The van der Waals surface area contributed by atoms with Crippen LogP contribution in [-0.2, 0) is 0 Å². The van der Waals surface area contributed by atoms with Gasteiger partial charge in [0.2, 0.25) is 5.88 Å². The highest BCUT2D eigenvalue weighted by molar-refractivity contribution is 7.14. The molecular weight excluding hydrogens is 424 g/mol. The van der Waals surface area contributed by atoms with Crippen LogP contribution in [0.2, 0.25) is 0 Å². The highest BCUT2D eigenvalue weighted by atomic mass is 32.1. The second-order valence-corrected chi connectivity index (χ2v) is 8.73. The van der Waals surface area contributed by atoms with E-state index in [4.69, 9.17) is 15.2 Å². The van der Waals surface area contributed by atoms with Crippen molar-refractivity contribution in [2.45, 2.75) is 56.6 Å². The van der Waals surface area contributed by atoms with Gasteiger partial charge in [0, 0.05) is 24.1 Å². The Bertz CT molecular complexity index is 980. The van der Waals surface area contributed by atoms with Crippen LogP contribution in [-0.4, -0.2) is 34.1 Å². The average molecular weight is 446 g/mol. The Morgan fingerprint density at radius 2 is 1.81 bits per heavy atom. The minimum Gasteiger partial charge on any atom is -0.473 e. The van der Waals surface area contributed by atoms with E-state index in [1.54, 1.807) is 0 Å². The predicted octanol–water partition coefficient (Wildman–Crippen LogP) is 3.51. The summed E-state index contributed by atoms with van der Waals surface area (Å²) in [7, 11) is 0. The topological polar surface area (TPSA) is 147 Å². The van der Waals surface area contributed by atoms with Crippen molar-refractivity contribution in [2.75, 3.05) is 0 Å². The van der Waals surface area contributed by atoms with Gasteiger partial charge in [-0.3, -0.25) is 14.9 Å². The molecule has 2 saturated carbocycles. The third-order valence-electron chi connectivity index (χ3n) is 5.30. The van der Waals surface area contributed by atoms with Crippen molar-refractivity contribution in [1.82, 2.24) is 10.3 Å². The summed E-state index contributed by atoms with van der Waals surface area (Å²) in [5.41, 5.74) is 5.40. The summed E-state index contributed by atoms with van der Waals surface area (Å²) in [6.07, 6.45) is 4.21. The average Bonchev–Trinajstić information content (AvgIpc) is 3.50. The number of amides is 2. The second-order valence-electron chi connectivity index (χ2n) is 7.70. The minimum atomic E-state index is -0.609. The Hall–Kier alpha value is -3.21. The van der Waals surface area contributed by atoms with E-state index < -0.39 is 16.9 Å². The molecule has 0 radical (unpaired) electrons. The molecule has 2 aromatic rings. The zero-order valence-electron chi connectivity index (χ0n) is 16.6. The number of nitro groups is 1. The zero-order valence-corrected chi connectivity index (χ0v) is 17.4. The van der Waals surface area contributed by atoms with Gasteiger partial charge in [-0.15, -0.1) is 11.3 Å². The number of hydrogen-bond donors (Lipinski definition) is 2. The van der Waals surface area contributed by atoms with Gasteiger partial charge >= 0.3 is 6.09 Å². The Labute approximate surface area is 181 Å². The molecular formula is C20H22N4O6S. The lowest BCUT2D eigenvalue weighted by atomic mass is 9.93. The summed E-state index contributed by atoms with van der Waals surface area (Å²) in [5, 5.41) is 14.4.